The molecule has 0 aliphatic rings. The third-order valence-corrected chi connectivity index (χ3v) is 5.04. The summed E-state index contributed by atoms with van der Waals surface area (Å²) >= 11 is 3.56. The van der Waals surface area contributed by atoms with Crippen molar-refractivity contribution >= 4 is 43.2 Å². The fourth-order valence-electron chi connectivity index (χ4n) is 2.01. The van der Waals surface area contributed by atoms with Crippen molar-refractivity contribution < 1.29 is 4.42 Å². The molecule has 1 nitrogen and oxygen atoms in total. The van der Waals surface area contributed by atoms with Crippen molar-refractivity contribution in [2.45, 2.75) is 0 Å². The predicted octanol–water partition coefficient (Wildman–Crippen LogP) is 5.38. The Morgan fingerprint density at radius 2 is 1.76 bits per heavy atom. The molecule has 0 N–H and O–H groups in total. The molecule has 0 saturated heterocycles. The molecule has 0 atom stereocenters. The number of furan rings is 1. The van der Waals surface area contributed by atoms with Crippen molar-refractivity contribution in [3.8, 4) is 10.4 Å². The summed E-state index contributed by atoms with van der Waals surface area (Å²) < 4.78 is 8.36. The van der Waals surface area contributed by atoms with Gasteiger partial charge in [-0.25, -0.2) is 0 Å². The molecule has 0 saturated carbocycles. The van der Waals surface area contributed by atoms with Crippen LogP contribution >= 0.6 is 22.7 Å². The quantitative estimate of drug-likeness (QED) is 0.446. The molecule has 0 aliphatic carbocycles. The lowest BCUT2D eigenvalue weighted by atomic mass is 10.2. The molecule has 3 aromatic heterocycles. The Bertz CT molecular complexity index is 789. The number of thiophene rings is 2. The molecule has 4 rings (SSSR count). The van der Waals surface area contributed by atoms with E-state index in [1.54, 1.807) is 11.3 Å². The summed E-state index contributed by atoms with van der Waals surface area (Å²) in [6.45, 7) is 0. The van der Waals surface area contributed by atoms with Crippen molar-refractivity contribution in [2.24, 2.45) is 0 Å². The van der Waals surface area contributed by atoms with Gasteiger partial charge < -0.3 is 4.42 Å². The molecular weight excluding hydrogens is 248 g/mol. The highest BCUT2D eigenvalue weighted by Crippen LogP contribution is 2.41. The van der Waals surface area contributed by atoms with Gasteiger partial charge in [0.25, 0.3) is 0 Å². The zero-order valence-electron chi connectivity index (χ0n) is 8.84. The van der Waals surface area contributed by atoms with Crippen LogP contribution in [0, 0.1) is 0 Å². The van der Waals surface area contributed by atoms with Crippen LogP contribution in [0.2, 0.25) is 0 Å². The molecule has 0 spiro atoms. The topological polar surface area (TPSA) is 13.1 Å². The lowest BCUT2D eigenvalue weighted by molar-refractivity contribution is 0.671. The Labute approximate surface area is 106 Å². The van der Waals surface area contributed by atoms with Gasteiger partial charge in [0.1, 0.15) is 11.2 Å². The fraction of sp³-hybridized carbons (Fsp3) is 0. The van der Waals surface area contributed by atoms with Gasteiger partial charge in [-0.15, -0.1) is 22.7 Å². The van der Waals surface area contributed by atoms with Gasteiger partial charge in [0.05, 0.1) is 9.40 Å². The third-order valence-electron chi connectivity index (χ3n) is 2.81. The molecule has 82 valence electrons. The first kappa shape index (κ1) is 9.45. The van der Waals surface area contributed by atoms with Crippen LogP contribution in [0.3, 0.4) is 0 Å². The van der Waals surface area contributed by atoms with Crippen molar-refractivity contribution in [2.75, 3.05) is 0 Å². The maximum absolute atomic E-state index is 5.82. The van der Waals surface area contributed by atoms with E-state index in [0.29, 0.717) is 0 Å². The molecule has 3 heterocycles. The van der Waals surface area contributed by atoms with Crippen LogP contribution in [-0.2, 0) is 0 Å². The molecule has 0 bridgehead atoms. The zero-order chi connectivity index (χ0) is 11.2. The van der Waals surface area contributed by atoms with Crippen LogP contribution in [0.15, 0.2) is 52.3 Å². The SMILES string of the molecule is c1ccc(-c2cc3oc4ccsc4c3s2)cc1. The molecule has 0 amide bonds. The molecule has 17 heavy (non-hydrogen) atoms. The molecule has 0 aliphatic heterocycles. The van der Waals surface area contributed by atoms with Crippen LogP contribution in [0.4, 0.5) is 0 Å². The summed E-state index contributed by atoms with van der Waals surface area (Å²) in [5.74, 6) is 0. The molecule has 1 aromatic carbocycles. The first-order valence-corrected chi connectivity index (χ1v) is 7.06. The maximum atomic E-state index is 5.82. The zero-order valence-corrected chi connectivity index (χ0v) is 10.5. The number of hydrogen-bond acceptors (Lipinski definition) is 3. The molecule has 4 aromatic rings. The van der Waals surface area contributed by atoms with E-state index in [-0.39, 0.29) is 0 Å². The lowest BCUT2D eigenvalue weighted by Crippen LogP contribution is -1.67. The third kappa shape index (κ3) is 1.36. The summed E-state index contributed by atoms with van der Waals surface area (Å²) in [4.78, 5) is 1.27. The minimum absolute atomic E-state index is 1.01. The van der Waals surface area contributed by atoms with Gasteiger partial charge in [0.15, 0.2) is 0 Å². The summed E-state index contributed by atoms with van der Waals surface area (Å²) in [7, 11) is 0. The van der Waals surface area contributed by atoms with Gasteiger partial charge >= 0.3 is 0 Å². The average molecular weight is 256 g/mol. The number of hydrogen-bond donors (Lipinski definition) is 0. The van der Waals surface area contributed by atoms with Crippen LogP contribution in [0.1, 0.15) is 0 Å². The largest absolute Gasteiger partial charge is 0.454 e. The van der Waals surface area contributed by atoms with Gasteiger partial charge in [0.2, 0.25) is 0 Å². The Morgan fingerprint density at radius 1 is 0.882 bits per heavy atom. The highest BCUT2D eigenvalue weighted by Gasteiger charge is 2.12. The molecule has 0 unspecified atom stereocenters. The van der Waals surface area contributed by atoms with Crippen molar-refractivity contribution in [3.63, 3.8) is 0 Å². The van der Waals surface area contributed by atoms with E-state index in [9.17, 15) is 0 Å². The number of benzene rings is 1. The maximum Gasteiger partial charge on any atom is 0.147 e. The Hall–Kier alpha value is -1.58. The first-order valence-electron chi connectivity index (χ1n) is 5.37. The minimum Gasteiger partial charge on any atom is -0.454 e. The van der Waals surface area contributed by atoms with Crippen LogP contribution in [0.5, 0.6) is 0 Å². The Morgan fingerprint density at radius 3 is 2.65 bits per heavy atom. The smallest absolute Gasteiger partial charge is 0.147 e. The van der Waals surface area contributed by atoms with Gasteiger partial charge in [0, 0.05) is 10.9 Å². The van der Waals surface area contributed by atoms with E-state index in [0.717, 1.165) is 11.2 Å². The van der Waals surface area contributed by atoms with E-state index < -0.39 is 0 Å². The minimum atomic E-state index is 1.01. The molecular formula is C14H8OS2. The van der Waals surface area contributed by atoms with Crippen LogP contribution in [-0.4, -0.2) is 0 Å². The van der Waals surface area contributed by atoms with E-state index >= 15 is 0 Å². The highest BCUT2D eigenvalue weighted by atomic mass is 32.1. The summed E-state index contributed by atoms with van der Waals surface area (Å²) in [5.41, 5.74) is 3.28. The molecule has 3 heteroatoms. The highest BCUT2D eigenvalue weighted by molar-refractivity contribution is 7.28. The van der Waals surface area contributed by atoms with Crippen molar-refractivity contribution in [1.82, 2.24) is 0 Å². The van der Waals surface area contributed by atoms with E-state index in [4.69, 9.17) is 4.42 Å². The number of rotatable bonds is 1. The predicted molar refractivity (Wildman–Crippen MR) is 74.9 cm³/mol. The average Bonchev–Trinajstić information content (AvgIpc) is 3.00. The van der Waals surface area contributed by atoms with Gasteiger partial charge in [-0.1, -0.05) is 30.3 Å². The number of fused-ring (bicyclic) bond motifs is 3. The van der Waals surface area contributed by atoms with E-state index in [2.05, 4.69) is 35.7 Å². The second-order valence-corrected chi connectivity index (χ2v) is 5.85. The van der Waals surface area contributed by atoms with E-state index in [1.165, 1.54) is 19.8 Å². The summed E-state index contributed by atoms with van der Waals surface area (Å²) in [6, 6.07) is 14.6. The van der Waals surface area contributed by atoms with Gasteiger partial charge in [-0.05, 0) is 17.0 Å². The Kier molecular flexibility index (Phi) is 1.92. The van der Waals surface area contributed by atoms with Crippen molar-refractivity contribution in [3.05, 3.63) is 47.8 Å². The monoisotopic (exact) mass is 256 g/mol. The normalized spacial score (nSPS) is 11.5. The van der Waals surface area contributed by atoms with Crippen LogP contribution < -0.4 is 0 Å². The van der Waals surface area contributed by atoms with Gasteiger partial charge in [-0.3, -0.25) is 0 Å². The second kappa shape index (κ2) is 3.45. The van der Waals surface area contributed by atoms with Gasteiger partial charge in [-0.2, -0.15) is 0 Å². The second-order valence-electron chi connectivity index (χ2n) is 3.89. The van der Waals surface area contributed by atoms with Crippen molar-refractivity contribution in [1.29, 1.82) is 0 Å². The molecule has 0 fully saturated rings. The van der Waals surface area contributed by atoms with E-state index in [1.807, 2.05) is 23.5 Å². The standard InChI is InChI=1S/C14H8OS2/c1-2-4-9(5-3-1)12-8-11-14(17-12)13-10(15-11)6-7-16-13/h1-8H. The fourth-order valence-corrected chi connectivity index (χ4v) is 4.08. The lowest BCUT2D eigenvalue weighted by Gasteiger charge is -1.93. The van der Waals surface area contributed by atoms with Crippen LogP contribution in [0.25, 0.3) is 31.0 Å². The first-order chi connectivity index (χ1) is 8.42. The summed E-state index contributed by atoms with van der Waals surface area (Å²) in [5, 5.41) is 2.08. The Balaban J connectivity index is 2.01. The molecule has 0 radical (unpaired) electrons. The summed E-state index contributed by atoms with van der Waals surface area (Å²) in [6.07, 6.45) is 0.